The molecule has 5 heteroatoms. The maximum atomic E-state index is 12.3. The van der Waals surface area contributed by atoms with Crippen LogP contribution in [-0.4, -0.2) is 36.0 Å². The van der Waals surface area contributed by atoms with Crippen LogP contribution in [-0.2, 0) is 16.1 Å². The van der Waals surface area contributed by atoms with Crippen LogP contribution < -0.4 is 5.73 Å². The molecule has 1 aromatic carbocycles. The number of hydrogen-bond donors (Lipinski definition) is 1. The maximum absolute atomic E-state index is 12.3. The number of nitrogens with two attached hydrogens (primary N) is 1. The molecule has 0 spiro atoms. The van der Waals surface area contributed by atoms with Crippen LogP contribution in [0.5, 0.6) is 0 Å². The second kappa shape index (κ2) is 7.78. The number of carbonyl (C=O) groups is 1. The summed E-state index contributed by atoms with van der Waals surface area (Å²) in [6.45, 7) is 3.16. The monoisotopic (exact) mass is 310 g/mol. The van der Waals surface area contributed by atoms with E-state index in [2.05, 4.69) is 0 Å². The van der Waals surface area contributed by atoms with Crippen molar-refractivity contribution >= 4 is 17.5 Å². The van der Waals surface area contributed by atoms with Crippen LogP contribution in [0.1, 0.15) is 31.7 Å². The normalized spacial score (nSPS) is 20.3. The Labute approximate surface area is 131 Å². The van der Waals surface area contributed by atoms with Crippen LogP contribution in [0.4, 0.5) is 0 Å². The molecule has 4 nitrogen and oxygen atoms in total. The van der Waals surface area contributed by atoms with Crippen molar-refractivity contribution in [2.45, 2.75) is 44.9 Å². The number of rotatable bonds is 5. The lowest BCUT2D eigenvalue weighted by Gasteiger charge is -2.38. The lowest BCUT2D eigenvalue weighted by molar-refractivity contribution is -0.140. The Morgan fingerprint density at radius 1 is 1.48 bits per heavy atom. The van der Waals surface area contributed by atoms with Crippen molar-refractivity contribution in [1.82, 2.24) is 4.90 Å². The molecule has 1 heterocycles. The zero-order valence-corrected chi connectivity index (χ0v) is 13.2. The molecule has 0 saturated carbocycles. The minimum absolute atomic E-state index is 0.00202. The summed E-state index contributed by atoms with van der Waals surface area (Å²) in [4.78, 5) is 14.2. The summed E-state index contributed by atoms with van der Waals surface area (Å²) in [5.41, 5.74) is 6.88. The first-order chi connectivity index (χ1) is 10.1. The summed E-state index contributed by atoms with van der Waals surface area (Å²) in [5, 5.41) is 0.663. The largest absolute Gasteiger partial charge is 0.367 e. The Bertz CT molecular complexity index is 479. The van der Waals surface area contributed by atoms with E-state index in [9.17, 15) is 4.79 Å². The first-order valence-electron chi connectivity index (χ1n) is 7.46. The summed E-state index contributed by atoms with van der Waals surface area (Å²) in [5.74, 6) is 0.0176. The van der Waals surface area contributed by atoms with E-state index < -0.39 is 0 Å². The SMILES string of the molecule is C[C@H](N)[C@@H]1CCCCN1C(=O)COCc1ccccc1Cl. The summed E-state index contributed by atoms with van der Waals surface area (Å²) in [6, 6.07) is 7.63. The molecule has 2 rings (SSSR count). The number of nitrogens with zero attached hydrogens (tertiary/aromatic N) is 1. The quantitative estimate of drug-likeness (QED) is 0.909. The van der Waals surface area contributed by atoms with E-state index in [-0.39, 0.29) is 24.6 Å². The Kier molecular flexibility index (Phi) is 6.03. The fourth-order valence-corrected chi connectivity index (χ4v) is 2.95. The number of carbonyl (C=O) groups excluding carboxylic acids is 1. The van der Waals surface area contributed by atoms with E-state index in [1.165, 1.54) is 0 Å². The van der Waals surface area contributed by atoms with Gasteiger partial charge >= 0.3 is 0 Å². The highest BCUT2D eigenvalue weighted by Crippen LogP contribution is 2.20. The van der Waals surface area contributed by atoms with Gasteiger partial charge in [-0.3, -0.25) is 4.79 Å². The molecule has 1 aliphatic heterocycles. The third-order valence-electron chi connectivity index (χ3n) is 3.92. The molecule has 0 unspecified atom stereocenters. The van der Waals surface area contributed by atoms with E-state index in [1.54, 1.807) is 0 Å². The number of amides is 1. The number of hydrogen-bond acceptors (Lipinski definition) is 3. The van der Waals surface area contributed by atoms with E-state index >= 15 is 0 Å². The highest BCUT2D eigenvalue weighted by atomic mass is 35.5. The summed E-state index contributed by atoms with van der Waals surface area (Å²) < 4.78 is 5.53. The molecule has 1 fully saturated rings. The smallest absolute Gasteiger partial charge is 0.248 e. The molecule has 116 valence electrons. The molecular formula is C16H23ClN2O2. The van der Waals surface area contributed by atoms with Crippen LogP contribution in [0.2, 0.25) is 5.02 Å². The number of piperidine rings is 1. The molecule has 1 saturated heterocycles. The standard InChI is InChI=1S/C16H23ClN2O2/c1-12(18)15-8-4-5-9-19(15)16(20)11-21-10-13-6-2-3-7-14(13)17/h2-3,6-7,12,15H,4-5,8-11,18H2,1H3/t12-,15-/m0/s1. The predicted octanol–water partition coefficient (Wildman–Crippen LogP) is 2.58. The Balaban J connectivity index is 1.85. The summed E-state index contributed by atoms with van der Waals surface area (Å²) in [6.07, 6.45) is 3.16. The van der Waals surface area contributed by atoms with Gasteiger partial charge in [-0.15, -0.1) is 0 Å². The molecule has 0 radical (unpaired) electrons. The van der Waals surface area contributed by atoms with Crippen molar-refractivity contribution in [1.29, 1.82) is 0 Å². The van der Waals surface area contributed by atoms with Gasteiger partial charge in [-0.05, 0) is 37.8 Å². The predicted molar refractivity (Wildman–Crippen MR) is 84.1 cm³/mol. The minimum Gasteiger partial charge on any atom is -0.367 e. The number of benzene rings is 1. The second-order valence-corrected chi connectivity index (χ2v) is 6.00. The molecular weight excluding hydrogens is 288 g/mol. The third kappa shape index (κ3) is 4.43. The van der Waals surface area contributed by atoms with Gasteiger partial charge in [-0.25, -0.2) is 0 Å². The van der Waals surface area contributed by atoms with Crippen molar-refractivity contribution in [2.24, 2.45) is 5.73 Å². The molecule has 1 aromatic rings. The van der Waals surface area contributed by atoms with Gasteiger partial charge in [0.1, 0.15) is 6.61 Å². The van der Waals surface area contributed by atoms with Gasteiger partial charge in [0.15, 0.2) is 0 Å². The van der Waals surface area contributed by atoms with Crippen molar-refractivity contribution in [3.05, 3.63) is 34.9 Å². The maximum Gasteiger partial charge on any atom is 0.248 e. The van der Waals surface area contributed by atoms with Crippen molar-refractivity contribution in [2.75, 3.05) is 13.2 Å². The van der Waals surface area contributed by atoms with E-state index in [1.807, 2.05) is 36.1 Å². The van der Waals surface area contributed by atoms with Gasteiger partial charge in [-0.1, -0.05) is 29.8 Å². The molecule has 0 aromatic heterocycles. The molecule has 0 aliphatic carbocycles. The highest BCUT2D eigenvalue weighted by Gasteiger charge is 2.28. The first-order valence-corrected chi connectivity index (χ1v) is 7.83. The zero-order valence-electron chi connectivity index (χ0n) is 12.4. The number of ether oxygens (including phenoxy) is 1. The molecule has 0 bridgehead atoms. The Hall–Kier alpha value is -1.10. The van der Waals surface area contributed by atoms with Gasteiger partial charge in [0, 0.05) is 23.7 Å². The van der Waals surface area contributed by atoms with Gasteiger partial charge < -0.3 is 15.4 Å². The van der Waals surface area contributed by atoms with Gasteiger partial charge in [0.05, 0.1) is 6.61 Å². The van der Waals surface area contributed by atoms with Crippen LogP contribution in [0, 0.1) is 0 Å². The van der Waals surface area contributed by atoms with Crippen molar-refractivity contribution < 1.29 is 9.53 Å². The highest BCUT2D eigenvalue weighted by molar-refractivity contribution is 6.31. The van der Waals surface area contributed by atoms with Crippen LogP contribution in [0.25, 0.3) is 0 Å². The van der Waals surface area contributed by atoms with Gasteiger partial charge in [-0.2, -0.15) is 0 Å². The average Bonchev–Trinajstić information content (AvgIpc) is 2.49. The van der Waals surface area contributed by atoms with Crippen molar-refractivity contribution in [3.63, 3.8) is 0 Å². The lowest BCUT2D eigenvalue weighted by atomic mass is 9.97. The molecule has 1 amide bonds. The van der Waals surface area contributed by atoms with Crippen LogP contribution >= 0.6 is 11.6 Å². The van der Waals surface area contributed by atoms with E-state index in [0.717, 1.165) is 31.4 Å². The molecule has 1 aliphatic rings. The van der Waals surface area contributed by atoms with E-state index in [4.69, 9.17) is 22.1 Å². The fraction of sp³-hybridized carbons (Fsp3) is 0.562. The fourth-order valence-electron chi connectivity index (χ4n) is 2.76. The number of likely N-dealkylation sites (tertiary alicyclic amines) is 1. The zero-order chi connectivity index (χ0) is 15.2. The Morgan fingerprint density at radius 3 is 2.95 bits per heavy atom. The topological polar surface area (TPSA) is 55.6 Å². The summed E-state index contributed by atoms with van der Waals surface area (Å²) in [7, 11) is 0. The van der Waals surface area contributed by atoms with Gasteiger partial charge in [0.2, 0.25) is 5.91 Å². The first kappa shape index (κ1) is 16.3. The second-order valence-electron chi connectivity index (χ2n) is 5.59. The number of halogens is 1. The average molecular weight is 311 g/mol. The molecule has 21 heavy (non-hydrogen) atoms. The third-order valence-corrected chi connectivity index (χ3v) is 4.29. The van der Waals surface area contributed by atoms with Crippen LogP contribution in [0.3, 0.4) is 0 Å². The molecule has 2 atom stereocenters. The summed E-state index contributed by atoms with van der Waals surface area (Å²) >= 11 is 6.06. The van der Waals surface area contributed by atoms with Crippen LogP contribution in [0.15, 0.2) is 24.3 Å². The Morgan fingerprint density at radius 2 is 2.24 bits per heavy atom. The molecule has 2 N–H and O–H groups in total. The lowest BCUT2D eigenvalue weighted by Crippen LogP contribution is -2.52. The van der Waals surface area contributed by atoms with Crippen molar-refractivity contribution in [3.8, 4) is 0 Å². The van der Waals surface area contributed by atoms with E-state index in [0.29, 0.717) is 11.6 Å². The van der Waals surface area contributed by atoms with Gasteiger partial charge in [0.25, 0.3) is 0 Å². The minimum atomic E-state index is -0.00202.